The zero-order chi connectivity index (χ0) is 37.0. The predicted octanol–water partition coefficient (Wildman–Crippen LogP) is 15.5. The Morgan fingerprint density at radius 2 is 0.857 bits per heavy atom. The third kappa shape index (κ3) is 5.26. The summed E-state index contributed by atoms with van der Waals surface area (Å²) in [6.07, 6.45) is 0. The molecule has 10 aromatic carbocycles. The molecule has 0 fully saturated rings. The minimum Gasteiger partial charge on any atom is -0.455 e. The number of anilines is 3. The van der Waals surface area contributed by atoms with Gasteiger partial charge in [0.05, 0.1) is 5.69 Å². The highest BCUT2D eigenvalue weighted by molar-refractivity contribution is 6.19. The molecule has 1 heterocycles. The lowest BCUT2D eigenvalue weighted by molar-refractivity contribution is 0.673. The van der Waals surface area contributed by atoms with Gasteiger partial charge in [-0.2, -0.15) is 0 Å². The van der Waals surface area contributed by atoms with E-state index in [9.17, 15) is 0 Å². The van der Waals surface area contributed by atoms with E-state index in [1.54, 1.807) is 0 Å². The number of fused-ring (bicyclic) bond motifs is 8. The molecule has 0 bridgehead atoms. The van der Waals surface area contributed by atoms with Crippen molar-refractivity contribution in [2.24, 2.45) is 0 Å². The first kappa shape index (κ1) is 32.0. The van der Waals surface area contributed by atoms with E-state index in [-0.39, 0.29) is 0 Å². The molecular weight excluding hydrogens is 679 g/mol. The van der Waals surface area contributed by atoms with Crippen molar-refractivity contribution in [3.05, 3.63) is 212 Å². The highest BCUT2D eigenvalue weighted by Crippen LogP contribution is 2.45. The Labute approximate surface area is 325 Å². The van der Waals surface area contributed by atoms with Gasteiger partial charge in [0.25, 0.3) is 0 Å². The molecule has 0 N–H and O–H groups in total. The van der Waals surface area contributed by atoms with Crippen LogP contribution in [0.2, 0.25) is 0 Å². The van der Waals surface area contributed by atoms with Crippen LogP contribution in [0.5, 0.6) is 0 Å². The summed E-state index contributed by atoms with van der Waals surface area (Å²) in [5, 5.41) is 9.60. The van der Waals surface area contributed by atoms with Crippen molar-refractivity contribution in [1.29, 1.82) is 0 Å². The summed E-state index contributed by atoms with van der Waals surface area (Å²) >= 11 is 0. The number of nitrogens with zero attached hydrogens (tertiary/aromatic N) is 1. The lowest BCUT2D eigenvalue weighted by Crippen LogP contribution is -2.11. The van der Waals surface area contributed by atoms with E-state index >= 15 is 0 Å². The number of benzene rings is 10. The number of para-hydroxylation sites is 1. The molecule has 0 unspecified atom stereocenters. The Morgan fingerprint density at radius 1 is 0.304 bits per heavy atom. The smallest absolute Gasteiger partial charge is 0.143 e. The van der Waals surface area contributed by atoms with Crippen molar-refractivity contribution in [2.75, 3.05) is 4.90 Å². The van der Waals surface area contributed by atoms with Crippen LogP contribution in [0.1, 0.15) is 0 Å². The van der Waals surface area contributed by atoms with Gasteiger partial charge in [-0.1, -0.05) is 170 Å². The number of hydrogen-bond acceptors (Lipinski definition) is 2. The van der Waals surface area contributed by atoms with Crippen LogP contribution in [0.4, 0.5) is 17.1 Å². The molecular formula is C54H35NO. The van der Waals surface area contributed by atoms with Crippen LogP contribution in [0.15, 0.2) is 217 Å². The van der Waals surface area contributed by atoms with Gasteiger partial charge in [0, 0.05) is 33.1 Å². The Kier molecular flexibility index (Phi) is 7.53. The molecule has 0 aliphatic carbocycles. The van der Waals surface area contributed by atoms with Gasteiger partial charge in [0.1, 0.15) is 11.2 Å². The average molecular weight is 714 g/mol. The van der Waals surface area contributed by atoms with Gasteiger partial charge in [-0.05, 0) is 97.2 Å². The Bertz CT molecular complexity index is 3230. The van der Waals surface area contributed by atoms with Crippen LogP contribution in [-0.2, 0) is 0 Å². The van der Waals surface area contributed by atoms with E-state index in [1.807, 2.05) is 0 Å². The number of furan rings is 1. The second-order valence-electron chi connectivity index (χ2n) is 14.4. The van der Waals surface area contributed by atoms with E-state index in [1.165, 1.54) is 49.2 Å². The summed E-state index contributed by atoms with van der Waals surface area (Å²) in [7, 11) is 0. The molecule has 0 atom stereocenters. The third-order valence-corrected chi connectivity index (χ3v) is 11.3. The second-order valence-corrected chi connectivity index (χ2v) is 14.4. The molecule has 2 heteroatoms. The molecule has 0 aliphatic heterocycles. The molecule has 262 valence electrons. The molecule has 56 heavy (non-hydrogen) atoms. The van der Waals surface area contributed by atoms with Gasteiger partial charge in [-0.3, -0.25) is 0 Å². The van der Waals surface area contributed by atoms with Gasteiger partial charge in [-0.25, -0.2) is 0 Å². The fourth-order valence-electron chi connectivity index (χ4n) is 8.62. The van der Waals surface area contributed by atoms with Crippen LogP contribution >= 0.6 is 0 Å². The van der Waals surface area contributed by atoms with Crippen LogP contribution in [0.25, 0.3) is 87.6 Å². The predicted molar refractivity (Wildman–Crippen MR) is 237 cm³/mol. The number of rotatable bonds is 6. The molecule has 11 aromatic rings. The molecule has 0 spiro atoms. The standard InChI is InChI=1S/C54H35NO/c1-2-12-36(13-3-1)37-24-30-41(31-25-37)55(51-22-9-8-18-49(51)47-21-10-20-46-43-16-6-4-14-38(43)28-34-48(46)47)42-32-26-40(27-33-42)44-19-11-23-52-53(44)50-35-29-39-15-5-7-17-45(39)54(50)56-52/h1-35H. The quantitative estimate of drug-likeness (QED) is 0.160. The van der Waals surface area contributed by atoms with E-state index in [0.29, 0.717) is 0 Å². The zero-order valence-electron chi connectivity index (χ0n) is 30.6. The maximum absolute atomic E-state index is 6.55. The van der Waals surface area contributed by atoms with Crippen molar-refractivity contribution >= 4 is 71.3 Å². The fourth-order valence-corrected chi connectivity index (χ4v) is 8.62. The van der Waals surface area contributed by atoms with Crippen molar-refractivity contribution in [2.45, 2.75) is 0 Å². The van der Waals surface area contributed by atoms with Gasteiger partial charge in [-0.15, -0.1) is 0 Å². The summed E-state index contributed by atoms with van der Waals surface area (Å²) in [5.74, 6) is 0. The highest BCUT2D eigenvalue weighted by atomic mass is 16.3. The van der Waals surface area contributed by atoms with Gasteiger partial charge < -0.3 is 9.32 Å². The summed E-state index contributed by atoms with van der Waals surface area (Å²) in [5.41, 5.74) is 12.2. The minimum atomic E-state index is 0.898. The topological polar surface area (TPSA) is 16.4 Å². The van der Waals surface area contributed by atoms with Crippen LogP contribution in [-0.4, -0.2) is 0 Å². The van der Waals surface area contributed by atoms with Gasteiger partial charge >= 0.3 is 0 Å². The Balaban J connectivity index is 1.07. The Morgan fingerprint density at radius 3 is 1.64 bits per heavy atom. The number of hydrogen-bond donors (Lipinski definition) is 0. The Hall–Kier alpha value is -7.42. The van der Waals surface area contributed by atoms with E-state index in [4.69, 9.17) is 4.42 Å². The summed E-state index contributed by atoms with van der Waals surface area (Å²) in [4.78, 5) is 2.40. The summed E-state index contributed by atoms with van der Waals surface area (Å²) in [6, 6.07) is 76.4. The molecule has 0 radical (unpaired) electrons. The first-order chi connectivity index (χ1) is 27.8. The SMILES string of the molecule is c1ccc(-c2ccc(N(c3ccc(-c4cccc5oc6c7ccccc7ccc6c45)cc3)c3ccccc3-c3cccc4c3ccc3ccccc34)cc2)cc1. The first-order valence-electron chi connectivity index (χ1n) is 19.2. The highest BCUT2D eigenvalue weighted by Gasteiger charge is 2.20. The van der Waals surface area contributed by atoms with Gasteiger partial charge in [0.2, 0.25) is 0 Å². The monoisotopic (exact) mass is 713 g/mol. The maximum Gasteiger partial charge on any atom is 0.143 e. The first-order valence-corrected chi connectivity index (χ1v) is 19.2. The molecule has 0 amide bonds. The fraction of sp³-hybridized carbons (Fsp3) is 0. The zero-order valence-corrected chi connectivity index (χ0v) is 30.6. The van der Waals surface area contributed by atoms with E-state index in [2.05, 4.69) is 217 Å². The summed E-state index contributed by atoms with van der Waals surface area (Å²) < 4.78 is 6.55. The minimum absolute atomic E-state index is 0.898. The van der Waals surface area contributed by atoms with Crippen molar-refractivity contribution < 1.29 is 4.42 Å². The molecule has 0 saturated carbocycles. The lowest BCUT2D eigenvalue weighted by atomic mass is 9.93. The molecule has 1 aromatic heterocycles. The molecule has 2 nitrogen and oxygen atoms in total. The van der Waals surface area contributed by atoms with Crippen LogP contribution in [0, 0.1) is 0 Å². The van der Waals surface area contributed by atoms with E-state index in [0.717, 1.165) is 55.5 Å². The van der Waals surface area contributed by atoms with Crippen molar-refractivity contribution in [3.63, 3.8) is 0 Å². The maximum atomic E-state index is 6.55. The largest absolute Gasteiger partial charge is 0.455 e. The average Bonchev–Trinajstić information content (AvgIpc) is 3.67. The van der Waals surface area contributed by atoms with Crippen molar-refractivity contribution in [3.8, 4) is 33.4 Å². The molecule has 0 aliphatic rings. The second kappa shape index (κ2) is 13.2. The third-order valence-electron chi connectivity index (χ3n) is 11.3. The van der Waals surface area contributed by atoms with E-state index < -0.39 is 0 Å². The molecule has 11 rings (SSSR count). The van der Waals surface area contributed by atoms with Crippen molar-refractivity contribution in [1.82, 2.24) is 0 Å². The normalized spacial score (nSPS) is 11.6. The summed E-state index contributed by atoms with van der Waals surface area (Å²) in [6.45, 7) is 0. The van der Waals surface area contributed by atoms with Gasteiger partial charge in [0.15, 0.2) is 0 Å². The molecule has 0 saturated heterocycles. The van der Waals surface area contributed by atoms with Crippen LogP contribution < -0.4 is 4.90 Å². The lowest BCUT2D eigenvalue weighted by Gasteiger charge is -2.28. The van der Waals surface area contributed by atoms with Crippen LogP contribution in [0.3, 0.4) is 0 Å².